The molecule has 0 saturated carbocycles. The third-order valence-corrected chi connectivity index (χ3v) is 6.12. The predicted octanol–water partition coefficient (Wildman–Crippen LogP) is 4.03. The second-order valence-corrected chi connectivity index (χ2v) is 8.38. The highest BCUT2D eigenvalue weighted by Gasteiger charge is 2.19. The summed E-state index contributed by atoms with van der Waals surface area (Å²) in [5.41, 5.74) is 6.91. The molecule has 0 unspecified atom stereocenters. The van der Waals surface area contributed by atoms with E-state index >= 15 is 0 Å². The van der Waals surface area contributed by atoms with Crippen molar-refractivity contribution in [1.29, 1.82) is 0 Å². The van der Waals surface area contributed by atoms with Gasteiger partial charge in [-0.3, -0.25) is 14.8 Å². The van der Waals surface area contributed by atoms with E-state index in [1.165, 1.54) is 35.3 Å². The number of nitrogens with zero attached hydrogens (tertiary/aromatic N) is 4. The summed E-state index contributed by atoms with van der Waals surface area (Å²) < 4.78 is 0. The average Bonchev–Trinajstić information content (AvgIpc) is 2.68. The van der Waals surface area contributed by atoms with Gasteiger partial charge in [-0.15, -0.1) is 0 Å². The molecule has 1 aliphatic heterocycles. The molecular formula is C24H36N4. The molecule has 0 spiro atoms. The van der Waals surface area contributed by atoms with E-state index in [0.717, 1.165) is 38.3 Å². The molecule has 2 heterocycles. The quantitative estimate of drug-likeness (QED) is 0.723. The number of hydrogen-bond donors (Lipinski definition) is 0. The number of benzene rings is 1. The Morgan fingerprint density at radius 3 is 2.43 bits per heavy atom. The van der Waals surface area contributed by atoms with Gasteiger partial charge < -0.3 is 4.90 Å². The zero-order valence-corrected chi connectivity index (χ0v) is 18.3. The second kappa shape index (κ2) is 9.64. The highest BCUT2D eigenvalue weighted by Crippen LogP contribution is 2.26. The van der Waals surface area contributed by atoms with Gasteiger partial charge in [0.1, 0.15) is 0 Å². The lowest BCUT2D eigenvalue weighted by Crippen LogP contribution is -2.44. The molecule has 1 aromatic heterocycles. The van der Waals surface area contributed by atoms with Gasteiger partial charge in [0.2, 0.25) is 0 Å². The van der Waals surface area contributed by atoms with Gasteiger partial charge in [-0.1, -0.05) is 30.7 Å². The fourth-order valence-corrected chi connectivity index (χ4v) is 4.29. The number of piperazine rings is 1. The molecule has 1 saturated heterocycles. The van der Waals surface area contributed by atoms with Crippen LogP contribution in [0.5, 0.6) is 0 Å². The molecule has 28 heavy (non-hydrogen) atoms. The van der Waals surface area contributed by atoms with E-state index in [1.807, 2.05) is 12.3 Å². The van der Waals surface area contributed by atoms with Gasteiger partial charge in [-0.2, -0.15) is 0 Å². The molecule has 2 aromatic rings. The van der Waals surface area contributed by atoms with Crippen LogP contribution < -0.4 is 0 Å². The first kappa shape index (κ1) is 21.0. The molecule has 3 rings (SSSR count). The average molecular weight is 381 g/mol. The Hall–Kier alpha value is -1.75. The van der Waals surface area contributed by atoms with E-state index in [2.05, 4.69) is 78.8 Å². The molecule has 4 heteroatoms. The molecule has 0 bridgehead atoms. The second-order valence-electron chi connectivity index (χ2n) is 8.38. The Labute approximate surface area is 171 Å². The number of aromatic nitrogens is 1. The van der Waals surface area contributed by atoms with Crippen LogP contribution in [0.3, 0.4) is 0 Å². The third-order valence-electron chi connectivity index (χ3n) is 6.12. The molecule has 152 valence electrons. The van der Waals surface area contributed by atoms with Gasteiger partial charge >= 0.3 is 0 Å². The van der Waals surface area contributed by atoms with Gasteiger partial charge in [0.15, 0.2) is 0 Å². The zero-order chi connectivity index (χ0) is 20.1. The Balaban J connectivity index is 1.75. The summed E-state index contributed by atoms with van der Waals surface area (Å²) in [7, 11) is 4.44. The normalized spacial score (nSPS) is 17.2. The Morgan fingerprint density at radius 2 is 1.79 bits per heavy atom. The maximum Gasteiger partial charge on any atom is 0.0575 e. The largest absolute Gasteiger partial charge is 0.304 e. The van der Waals surface area contributed by atoms with Crippen molar-refractivity contribution < 1.29 is 0 Å². The van der Waals surface area contributed by atoms with Crippen molar-refractivity contribution in [2.24, 2.45) is 0 Å². The van der Waals surface area contributed by atoms with Crippen LogP contribution in [0, 0.1) is 13.8 Å². The molecule has 1 atom stereocenters. The van der Waals surface area contributed by atoms with E-state index in [9.17, 15) is 0 Å². The maximum atomic E-state index is 4.60. The molecule has 4 nitrogen and oxygen atoms in total. The molecule has 0 amide bonds. The van der Waals surface area contributed by atoms with Crippen molar-refractivity contribution in [2.45, 2.75) is 46.3 Å². The smallest absolute Gasteiger partial charge is 0.0575 e. The molecule has 1 aliphatic rings. The van der Waals surface area contributed by atoms with E-state index in [4.69, 9.17) is 0 Å². The monoisotopic (exact) mass is 380 g/mol. The van der Waals surface area contributed by atoms with Gasteiger partial charge in [0.05, 0.1) is 11.7 Å². The summed E-state index contributed by atoms with van der Waals surface area (Å²) in [6, 6.07) is 11.3. The van der Waals surface area contributed by atoms with Gasteiger partial charge in [-0.05, 0) is 63.2 Å². The number of hydrogen-bond acceptors (Lipinski definition) is 4. The van der Waals surface area contributed by atoms with Crippen molar-refractivity contribution in [3.8, 4) is 0 Å². The summed E-state index contributed by atoms with van der Waals surface area (Å²) in [6.45, 7) is 13.5. The van der Waals surface area contributed by atoms with Crippen LogP contribution in [0.2, 0.25) is 0 Å². The lowest BCUT2D eigenvalue weighted by Gasteiger charge is -2.33. The summed E-state index contributed by atoms with van der Waals surface area (Å²) >= 11 is 0. The molecule has 0 aliphatic carbocycles. The van der Waals surface area contributed by atoms with Gasteiger partial charge in [0.25, 0.3) is 0 Å². The number of rotatable bonds is 7. The molecule has 0 radical (unpaired) electrons. The van der Waals surface area contributed by atoms with Crippen molar-refractivity contribution in [3.05, 3.63) is 64.5 Å². The third kappa shape index (κ3) is 5.19. The molecule has 1 aromatic carbocycles. The SMILES string of the molecule is CC[C@@H](c1ccccn1)N(C)Cc1cc(C)cc(CN2CCN(C)CC2)c1C. The number of aryl methyl sites for hydroxylation is 1. The van der Waals surface area contributed by atoms with Crippen LogP contribution >= 0.6 is 0 Å². The van der Waals surface area contributed by atoms with Crippen LogP contribution in [0.1, 0.15) is 47.3 Å². The highest BCUT2D eigenvalue weighted by atomic mass is 15.2. The van der Waals surface area contributed by atoms with Gasteiger partial charge in [-0.25, -0.2) is 0 Å². The Kier molecular flexibility index (Phi) is 7.22. The van der Waals surface area contributed by atoms with E-state index < -0.39 is 0 Å². The highest BCUT2D eigenvalue weighted by molar-refractivity contribution is 5.38. The van der Waals surface area contributed by atoms with E-state index in [-0.39, 0.29) is 0 Å². The summed E-state index contributed by atoms with van der Waals surface area (Å²) in [5, 5.41) is 0. The summed E-state index contributed by atoms with van der Waals surface area (Å²) in [5.74, 6) is 0. The van der Waals surface area contributed by atoms with Crippen molar-refractivity contribution in [2.75, 3.05) is 40.3 Å². The van der Waals surface area contributed by atoms with Gasteiger partial charge in [0, 0.05) is 45.5 Å². The van der Waals surface area contributed by atoms with Crippen LogP contribution in [0.4, 0.5) is 0 Å². The van der Waals surface area contributed by atoms with E-state index in [1.54, 1.807) is 0 Å². The lowest BCUT2D eigenvalue weighted by molar-refractivity contribution is 0.148. The van der Waals surface area contributed by atoms with Crippen LogP contribution in [0.25, 0.3) is 0 Å². The van der Waals surface area contributed by atoms with Crippen LogP contribution in [-0.4, -0.2) is 60.0 Å². The summed E-state index contributed by atoms with van der Waals surface area (Å²) in [6.07, 6.45) is 2.96. The molecule has 0 N–H and O–H groups in total. The fraction of sp³-hybridized carbons (Fsp3) is 0.542. The maximum absolute atomic E-state index is 4.60. The van der Waals surface area contributed by atoms with Crippen LogP contribution in [-0.2, 0) is 13.1 Å². The topological polar surface area (TPSA) is 22.6 Å². The molecule has 1 fully saturated rings. The Morgan fingerprint density at radius 1 is 1.07 bits per heavy atom. The first-order valence-electron chi connectivity index (χ1n) is 10.6. The first-order valence-corrected chi connectivity index (χ1v) is 10.6. The minimum absolute atomic E-state index is 0.349. The summed E-state index contributed by atoms with van der Waals surface area (Å²) in [4.78, 5) is 12.1. The van der Waals surface area contributed by atoms with Crippen LogP contribution in [0.15, 0.2) is 36.5 Å². The zero-order valence-electron chi connectivity index (χ0n) is 18.3. The lowest BCUT2D eigenvalue weighted by atomic mass is 9.97. The van der Waals surface area contributed by atoms with Crippen molar-refractivity contribution in [1.82, 2.24) is 19.7 Å². The minimum atomic E-state index is 0.349. The number of pyridine rings is 1. The molecular weight excluding hydrogens is 344 g/mol. The Bertz CT molecular complexity index is 751. The predicted molar refractivity (Wildman–Crippen MR) is 117 cm³/mol. The van der Waals surface area contributed by atoms with Crippen molar-refractivity contribution >= 4 is 0 Å². The fourth-order valence-electron chi connectivity index (χ4n) is 4.29. The first-order chi connectivity index (χ1) is 13.5. The number of likely N-dealkylation sites (N-methyl/N-ethyl adjacent to an activating group) is 1. The minimum Gasteiger partial charge on any atom is -0.304 e. The van der Waals surface area contributed by atoms with Crippen molar-refractivity contribution in [3.63, 3.8) is 0 Å². The van der Waals surface area contributed by atoms with E-state index in [0.29, 0.717) is 6.04 Å². The standard InChI is InChI=1S/C24H36N4/c1-6-24(23-9-7-8-10-25-23)27(5)17-21-15-19(2)16-22(20(21)3)18-28-13-11-26(4)12-14-28/h7-10,15-16,24H,6,11-14,17-18H2,1-5H3/t24-/m0/s1.